The highest BCUT2D eigenvalue weighted by Crippen LogP contribution is 2.33. The molecule has 4 heteroatoms. The molecule has 4 nitrogen and oxygen atoms in total. The Balaban J connectivity index is 2.29. The molecule has 0 amide bonds. The van der Waals surface area contributed by atoms with E-state index in [1.807, 2.05) is 0 Å². The largest absolute Gasteiger partial charge is 0.420 e. The Hall–Kier alpha value is -1.71. The quantitative estimate of drug-likeness (QED) is 0.721. The highest BCUT2D eigenvalue weighted by molar-refractivity contribution is 5.77. The molecule has 15 heavy (non-hydrogen) atoms. The molecule has 1 aliphatic carbocycles. The standard InChI is InChI=1S/C11H12N2O2/c12-7-4-5-10-9(6-7)13(11(14)15-10)8-2-1-3-8/h4-6,8H,1-3,12H2. The van der Waals surface area contributed by atoms with Gasteiger partial charge in [0.2, 0.25) is 0 Å². The van der Waals surface area contributed by atoms with E-state index >= 15 is 0 Å². The molecule has 1 aliphatic rings. The van der Waals surface area contributed by atoms with Gasteiger partial charge in [-0.2, -0.15) is 0 Å². The van der Waals surface area contributed by atoms with Crippen molar-refractivity contribution in [3.05, 3.63) is 28.7 Å². The summed E-state index contributed by atoms with van der Waals surface area (Å²) in [7, 11) is 0. The van der Waals surface area contributed by atoms with Crippen molar-refractivity contribution in [1.82, 2.24) is 4.57 Å². The molecule has 3 rings (SSSR count). The van der Waals surface area contributed by atoms with Gasteiger partial charge in [-0.3, -0.25) is 4.57 Å². The van der Waals surface area contributed by atoms with E-state index in [0.717, 1.165) is 18.4 Å². The van der Waals surface area contributed by atoms with Crippen molar-refractivity contribution in [2.45, 2.75) is 25.3 Å². The van der Waals surface area contributed by atoms with Gasteiger partial charge in [0.1, 0.15) is 0 Å². The maximum Gasteiger partial charge on any atom is 0.420 e. The third-order valence-corrected chi connectivity index (χ3v) is 3.08. The molecule has 2 N–H and O–H groups in total. The Labute approximate surface area is 86.3 Å². The van der Waals surface area contributed by atoms with Crippen LogP contribution in [0.3, 0.4) is 0 Å². The molecule has 1 saturated carbocycles. The predicted octanol–water partition coefficient (Wildman–Crippen LogP) is 1.90. The van der Waals surface area contributed by atoms with Gasteiger partial charge in [0.05, 0.1) is 5.52 Å². The van der Waals surface area contributed by atoms with Crippen LogP contribution < -0.4 is 11.5 Å². The van der Waals surface area contributed by atoms with E-state index in [-0.39, 0.29) is 5.76 Å². The van der Waals surface area contributed by atoms with Crippen LogP contribution in [0.5, 0.6) is 0 Å². The zero-order chi connectivity index (χ0) is 10.4. The number of rotatable bonds is 1. The smallest absolute Gasteiger partial charge is 0.408 e. The summed E-state index contributed by atoms with van der Waals surface area (Å²) < 4.78 is 6.89. The van der Waals surface area contributed by atoms with Crippen molar-refractivity contribution in [1.29, 1.82) is 0 Å². The molecule has 0 aliphatic heterocycles. The van der Waals surface area contributed by atoms with Gasteiger partial charge < -0.3 is 10.2 Å². The first-order chi connectivity index (χ1) is 7.25. The van der Waals surface area contributed by atoms with Crippen molar-refractivity contribution < 1.29 is 4.42 Å². The van der Waals surface area contributed by atoms with Gasteiger partial charge in [0.25, 0.3) is 0 Å². The van der Waals surface area contributed by atoms with E-state index in [9.17, 15) is 4.79 Å². The lowest BCUT2D eigenvalue weighted by Gasteiger charge is -2.25. The number of nitrogens with two attached hydrogens (primary N) is 1. The maximum atomic E-state index is 11.6. The van der Waals surface area contributed by atoms with Crippen LogP contribution in [0.25, 0.3) is 11.1 Å². The number of nitrogens with zero attached hydrogens (tertiary/aromatic N) is 1. The van der Waals surface area contributed by atoms with Crippen LogP contribution in [0.2, 0.25) is 0 Å². The third-order valence-electron chi connectivity index (χ3n) is 3.08. The second-order valence-corrected chi connectivity index (χ2v) is 4.05. The predicted molar refractivity (Wildman–Crippen MR) is 57.8 cm³/mol. The first kappa shape index (κ1) is 8.59. The molecular weight excluding hydrogens is 192 g/mol. The van der Waals surface area contributed by atoms with Crippen molar-refractivity contribution in [3.63, 3.8) is 0 Å². The van der Waals surface area contributed by atoms with Gasteiger partial charge in [0, 0.05) is 11.7 Å². The summed E-state index contributed by atoms with van der Waals surface area (Å²) in [5.41, 5.74) is 7.82. The van der Waals surface area contributed by atoms with Gasteiger partial charge in [-0.15, -0.1) is 0 Å². The van der Waals surface area contributed by atoms with E-state index in [4.69, 9.17) is 10.2 Å². The van der Waals surface area contributed by atoms with Crippen LogP contribution in [-0.2, 0) is 0 Å². The Morgan fingerprint density at radius 3 is 2.87 bits per heavy atom. The maximum absolute atomic E-state index is 11.6. The van der Waals surface area contributed by atoms with Crippen LogP contribution >= 0.6 is 0 Å². The number of hydrogen-bond donors (Lipinski definition) is 1. The van der Waals surface area contributed by atoms with Gasteiger partial charge in [0.15, 0.2) is 5.58 Å². The Morgan fingerprint density at radius 1 is 1.40 bits per heavy atom. The molecule has 0 saturated heterocycles. The van der Waals surface area contributed by atoms with E-state index in [1.54, 1.807) is 22.8 Å². The summed E-state index contributed by atoms with van der Waals surface area (Å²) in [6.07, 6.45) is 3.30. The topological polar surface area (TPSA) is 61.2 Å². The highest BCUT2D eigenvalue weighted by atomic mass is 16.4. The molecule has 0 unspecified atom stereocenters. The van der Waals surface area contributed by atoms with Crippen LogP contribution in [0.1, 0.15) is 25.3 Å². The minimum absolute atomic E-state index is 0.264. The van der Waals surface area contributed by atoms with Crippen molar-refractivity contribution in [2.75, 3.05) is 5.73 Å². The van der Waals surface area contributed by atoms with Crippen molar-refractivity contribution >= 4 is 16.8 Å². The summed E-state index contributed by atoms with van der Waals surface area (Å²) >= 11 is 0. The minimum Gasteiger partial charge on any atom is -0.408 e. The molecule has 0 atom stereocenters. The normalized spacial score (nSPS) is 16.8. The Bertz CT molecular complexity index is 563. The number of hydrogen-bond acceptors (Lipinski definition) is 3. The molecule has 2 aromatic rings. The first-order valence-electron chi connectivity index (χ1n) is 5.16. The lowest BCUT2D eigenvalue weighted by atomic mass is 9.93. The van der Waals surface area contributed by atoms with Crippen molar-refractivity contribution in [3.8, 4) is 0 Å². The first-order valence-corrected chi connectivity index (χ1v) is 5.16. The SMILES string of the molecule is Nc1ccc2oc(=O)n(C3CCC3)c2c1. The molecule has 0 bridgehead atoms. The monoisotopic (exact) mass is 204 g/mol. The number of nitrogen functional groups attached to an aromatic ring is 1. The molecule has 1 aromatic carbocycles. The van der Waals surface area contributed by atoms with Crippen LogP contribution in [0.15, 0.2) is 27.4 Å². The average Bonchev–Trinajstić information content (AvgIpc) is 2.42. The van der Waals surface area contributed by atoms with Crippen LogP contribution in [0.4, 0.5) is 5.69 Å². The fraction of sp³-hybridized carbons (Fsp3) is 0.364. The zero-order valence-electron chi connectivity index (χ0n) is 8.27. The van der Waals surface area contributed by atoms with Gasteiger partial charge in [-0.1, -0.05) is 0 Å². The fourth-order valence-corrected chi connectivity index (χ4v) is 2.04. The van der Waals surface area contributed by atoms with Crippen LogP contribution in [0, 0.1) is 0 Å². The van der Waals surface area contributed by atoms with E-state index in [2.05, 4.69) is 0 Å². The Kier molecular flexibility index (Phi) is 1.65. The van der Waals surface area contributed by atoms with E-state index in [0.29, 0.717) is 17.3 Å². The molecule has 78 valence electrons. The number of aromatic nitrogens is 1. The van der Waals surface area contributed by atoms with E-state index < -0.39 is 0 Å². The van der Waals surface area contributed by atoms with Gasteiger partial charge in [-0.25, -0.2) is 4.79 Å². The fourth-order valence-electron chi connectivity index (χ4n) is 2.04. The summed E-state index contributed by atoms with van der Waals surface area (Å²) in [6, 6.07) is 5.61. The number of anilines is 1. The zero-order valence-corrected chi connectivity index (χ0v) is 8.27. The molecule has 0 spiro atoms. The second kappa shape index (κ2) is 2.89. The summed E-state index contributed by atoms with van der Waals surface area (Å²) in [4.78, 5) is 11.6. The summed E-state index contributed by atoms with van der Waals surface area (Å²) in [5.74, 6) is -0.264. The van der Waals surface area contributed by atoms with Gasteiger partial charge in [-0.05, 0) is 37.5 Å². The van der Waals surface area contributed by atoms with Crippen molar-refractivity contribution in [2.24, 2.45) is 0 Å². The average molecular weight is 204 g/mol. The van der Waals surface area contributed by atoms with Crippen LogP contribution in [-0.4, -0.2) is 4.57 Å². The minimum atomic E-state index is -0.264. The number of oxazole rings is 1. The number of benzene rings is 1. The third kappa shape index (κ3) is 1.17. The molecular formula is C11H12N2O2. The second-order valence-electron chi connectivity index (χ2n) is 4.05. The Morgan fingerprint density at radius 2 is 2.20 bits per heavy atom. The molecule has 1 heterocycles. The lowest BCUT2D eigenvalue weighted by molar-refractivity contribution is 0.299. The van der Waals surface area contributed by atoms with Gasteiger partial charge >= 0.3 is 5.76 Å². The summed E-state index contributed by atoms with van der Waals surface area (Å²) in [6.45, 7) is 0. The number of fused-ring (bicyclic) bond motifs is 1. The van der Waals surface area contributed by atoms with E-state index in [1.165, 1.54) is 6.42 Å². The molecule has 0 radical (unpaired) electrons. The summed E-state index contributed by atoms with van der Waals surface area (Å²) in [5, 5.41) is 0. The molecule has 1 aromatic heterocycles. The highest BCUT2D eigenvalue weighted by Gasteiger charge is 2.24. The molecule has 1 fully saturated rings. The lowest BCUT2D eigenvalue weighted by Crippen LogP contribution is -2.25.